The Morgan fingerprint density at radius 3 is 2.56 bits per heavy atom. The summed E-state index contributed by atoms with van der Waals surface area (Å²) in [5, 5.41) is 3.11. The lowest BCUT2D eigenvalue weighted by Gasteiger charge is -2.07. The molecule has 2 rings (SSSR count). The Bertz CT molecular complexity index is 538. The summed E-state index contributed by atoms with van der Waals surface area (Å²) in [6.07, 6.45) is 0. The molecule has 0 amide bonds. The van der Waals surface area contributed by atoms with Crippen LogP contribution in [0.25, 0.3) is 0 Å². The molecule has 0 saturated heterocycles. The lowest BCUT2D eigenvalue weighted by atomic mass is 10.1. The van der Waals surface area contributed by atoms with Gasteiger partial charge in [-0.2, -0.15) is 0 Å². The summed E-state index contributed by atoms with van der Waals surface area (Å²) in [5.74, 6) is -1.57. The first-order valence-corrected chi connectivity index (χ1v) is 5.86. The van der Waals surface area contributed by atoms with E-state index in [4.69, 9.17) is 0 Å². The molecule has 2 aromatic rings. The first-order valence-electron chi connectivity index (χ1n) is 5.86. The van der Waals surface area contributed by atoms with Gasteiger partial charge in [0.25, 0.3) is 0 Å². The maximum atomic E-state index is 13.4. The molecule has 0 aliphatic rings. The predicted octanol–water partition coefficient (Wildman–Crippen LogP) is 3.56. The third kappa shape index (κ3) is 3.14. The molecule has 0 bridgehead atoms. The molecule has 0 unspecified atom stereocenters. The summed E-state index contributed by atoms with van der Waals surface area (Å²) in [7, 11) is 0. The Morgan fingerprint density at radius 2 is 1.78 bits per heavy atom. The molecule has 18 heavy (non-hydrogen) atoms. The van der Waals surface area contributed by atoms with Crippen molar-refractivity contribution in [3.05, 3.63) is 70.8 Å². The minimum absolute atomic E-state index is 0.317. The van der Waals surface area contributed by atoms with Crippen LogP contribution in [0, 0.1) is 18.6 Å². The maximum Gasteiger partial charge on any atom is 0.163 e. The fourth-order valence-electron chi connectivity index (χ4n) is 1.85. The zero-order valence-electron chi connectivity index (χ0n) is 10.2. The smallest absolute Gasteiger partial charge is 0.163 e. The average Bonchev–Trinajstić information content (AvgIpc) is 2.35. The van der Waals surface area contributed by atoms with Crippen molar-refractivity contribution in [3.8, 4) is 0 Å². The van der Waals surface area contributed by atoms with Gasteiger partial charge in [0.15, 0.2) is 11.6 Å². The average molecular weight is 247 g/mol. The van der Waals surface area contributed by atoms with Crippen molar-refractivity contribution in [2.45, 2.75) is 20.0 Å². The summed E-state index contributed by atoms with van der Waals surface area (Å²) < 4.78 is 26.4. The number of benzene rings is 2. The van der Waals surface area contributed by atoms with Crippen LogP contribution in [0.5, 0.6) is 0 Å². The van der Waals surface area contributed by atoms with E-state index >= 15 is 0 Å². The van der Waals surface area contributed by atoms with Crippen LogP contribution in [0.1, 0.15) is 16.7 Å². The molecule has 0 atom stereocenters. The Balaban J connectivity index is 1.94. The van der Waals surface area contributed by atoms with Gasteiger partial charge >= 0.3 is 0 Å². The van der Waals surface area contributed by atoms with Crippen molar-refractivity contribution in [3.63, 3.8) is 0 Å². The number of hydrogen-bond donors (Lipinski definition) is 1. The molecule has 0 heterocycles. The molecular formula is C15H15F2N. The molecule has 0 fully saturated rings. The topological polar surface area (TPSA) is 12.0 Å². The Kier molecular flexibility index (Phi) is 4.05. The number of nitrogens with one attached hydrogen (secondary N) is 1. The molecule has 0 aromatic heterocycles. The molecule has 1 N–H and O–H groups in total. The van der Waals surface area contributed by atoms with E-state index in [1.807, 2.05) is 25.1 Å². The van der Waals surface area contributed by atoms with Crippen molar-refractivity contribution in [1.29, 1.82) is 0 Å². The molecule has 0 aliphatic carbocycles. The highest BCUT2D eigenvalue weighted by molar-refractivity contribution is 5.22. The lowest BCUT2D eigenvalue weighted by molar-refractivity contribution is 0.492. The number of halogens is 2. The molecule has 3 heteroatoms. The summed E-state index contributed by atoms with van der Waals surface area (Å²) in [6.45, 7) is 2.98. The molecule has 1 nitrogen and oxygen atoms in total. The van der Waals surface area contributed by atoms with Crippen LogP contribution in [0.2, 0.25) is 0 Å². The highest BCUT2D eigenvalue weighted by Crippen LogP contribution is 2.11. The molecule has 2 aromatic carbocycles. The van der Waals surface area contributed by atoms with Gasteiger partial charge in [0, 0.05) is 18.7 Å². The van der Waals surface area contributed by atoms with Crippen LogP contribution in [0.4, 0.5) is 8.78 Å². The third-order valence-electron chi connectivity index (χ3n) is 2.76. The minimum Gasteiger partial charge on any atom is -0.309 e. The fourth-order valence-corrected chi connectivity index (χ4v) is 1.85. The highest BCUT2D eigenvalue weighted by Gasteiger charge is 2.06. The van der Waals surface area contributed by atoms with Crippen LogP contribution >= 0.6 is 0 Å². The first-order chi connectivity index (χ1) is 8.66. The third-order valence-corrected chi connectivity index (χ3v) is 2.76. The zero-order chi connectivity index (χ0) is 13.0. The van der Waals surface area contributed by atoms with Crippen molar-refractivity contribution in [2.24, 2.45) is 0 Å². The SMILES string of the molecule is Cc1cccc(CNCc2cccc(F)c2F)c1. The van der Waals surface area contributed by atoms with Gasteiger partial charge in [-0.3, -0.25) is 0 Å². The van der Waals surface area contributed by atoms with E-state index in [2.05, 4.69) is 11.4 Å². The van der Waals surface area contributed by atoms with Crippen LogP contribution in [0.3, 0.4) is 0 Å². The van der Waals surface area contributed by atoms with E-state index in [1.165, 1.54) is 11.6 Å². The van der Waals surface area contributed by atoms with Gasteiger partial charge in [-0.15, -0.1) is 0 Å². The number of rotatable bonds is 4. The number of aryl methyl sites for hydroxylation is 1. The van der Waals surface area contributed by atoms with E-state index < -0.39 is 11.6 Å². The first kappa shape index (κ1) is 12.7. The normalized spacial score (nSPS) is 10.6. The zero-order valence-corrected chi connectivity index (χ0v) is 10.2. The second-order valence-corrected chi connectivity index (χ2v) is 4.31. The Morgan fingerprint density at radius 1 is 1.00 bits per heavy atom. The minimum atomic E-state index is -0.801. The second kappa shape index (κ2) is 5.74. The van der Waals surface area contributed by atoms with Gasteiger partial charge in [-0.1, -0.05) is 42.0 Å². The van der Waals surface area contributed by atoms with E-state index in [1.54, 1.807) is 6.07 Å². The monoisotopic (exact) mass is 247 g/mol. The van der Waals surface area contributed by atoms with Gasteiger partial charge in [0.05, 0.1) is 0 Å². The predicted molar refractivity (Wildman–Crippen MR) is 68.1 cm³/mol. The van der Waals surface area contributed by atoms with Crippen LogP contribution in [-0.4, -0.2) is 0 Å². The molecule has 0 aliphatic heterocycles. The van der Waals surface area contributed by atoms with Gasteiger partial charge in [0.2, 0.25) is 0 Å². The highest BCUT2D eigenvalue weighted by atomic mass is 19.2. The van der Waals surface area contributed by atoms with Crippen molar-refractivity contribution in [2.75, 3.05) is 0 Å². The van der Waals surface area contributed by atoms with Crippen LogP contribution in [0.15, 0.2) is 42.5 Å². The molecule has 0 saturated carbocycles. The summed E-state index contributed by atoms with van der Waals surface area (Å²) >= 11 is 0. The molecule has 0 radical (unpaired) electrons. The van der Waals surface area contributed by atoms with Crippen LogP contribution in [-0.2, 0) is 13.1 Å². The summed E-state index contributed by atoms with van der Waals surface area (Å²) in [6, 6.07) is 12.3. The Hall–Kier alpha value is -1.74. The number of hydrogen-bond acceptors (Lipinski definition) is 1. The Labute approximate surface area is 105 Å². The van der Waals surface area contributed by atoms with Gasteiger partial charge in [-0.25, -0.2) is 8.78 Å². The molecule has 94 valence electrons. The van der Waals surface area contributed by atoms with Gasteiger partial charge in [-0.05, 0) is 18.6 Å². The van der Waals surface area contributed by atoms with E-state index in [-0.39, 0.29) is 0 Å². The molecule has 0 spiro atoms. The summed E-state index contributed by atoms with van der Waals surface area (Å²) in [4.78, 5) is 0. The van der Waals surface area contributed by atoms with Crippen molar-refractivity contribution < 1.29 is 8.78 Å². The van der Waals surface area contributed by atoms with E-state index in [9.17, 15) is 8.78 Å². The summed E-state index contributed by atoms with van der Waals surface area (Å²) in [5.41, 5.74) is 2.67. The molecular weight excluding hydrogens is 232 g/mol. The standard InChI is InChI=1S/C15H15F2N/c1-11-4-2-5-12(8-11)9-18-10-13-6-3-7-14(16)15(13)17/h2-8,18H,9-10H2,1H3. The van der Waals surface area contributed by atoms with E-state index in [0.717, 1.165) is 11.6 Å². The second-order valence-electron chi connectivity index (χ2n) is 4.31. The maximum absolute atomic E-state index is 13.4. The van der Waals surface area contributed by atoms with Crippen LogP contribution < -0.4 is 5.32 Å². The van der Waals surface area contributed by atoms with Crippen molar-refractivity contribution in [1.82, 2.24) is 5.32 Å². The fraction of sp³-hybridized carbons (Fsp3) is 0.200. The van der Waals surface area contributed by atoms with E-state index in [0.29, 0.717) is 18.7 Å². The lowest BCUT2D eigenvalue weighted by Crippen LogP contribution is -2.14. The largest absolute Gasteiger partial charge is 0.309 e. The van der Waals surface area contributed by atoms with Crippen molar-refractivity contribution >= 4 is 0 Å². The van der Waals surface area contributed by atoms with Gasteiger partial charge < -0.3 is 5.32 Å². The quantitative estimate of drug-likeness (QED) is 0.871. The van der Waals surface area contributed by atoms with Gasteiger partial charge in [0.1, 0.15) is 0 Å².